The first-order chi connectivity index (χ1) is 7.69. The van der Waals surface area contributed by atoms with E-state index in [1.54, 1.807) is 13.3 Å². The lowest BCUT2D eigenvalue weighted by Crippen LogP contribution is -2.40. The van der Waals surface area contributed by atoms with Crippen LogP contribution in [0, 0.1) is 0 Å². The van der Waals surface area contributed by atoms with E-state index in [9.17, 15) is 0 Å². The average Bonchev–Trinajstić information content (AvgIpc) is 2.28. The minimum atomic E-state index is 0.116. The standard InChI is InChI=1S/C12H18N2O2/c1-9-7-14(2)8-11(16-9)10-4-5-13-12(6-10)15-3/h4-6,9,11H,7-8H2,1-3H3/t9?,11-/m0/s1. The molecule has 1 aliphatic heterocycles. The Morgan fingerprint density at radius 3 is 3.00 bits per heavy atom. The predicted molar refractivity (Wildman–Crippen MR) is 61.6 cm³/mol. The van der Waals surface area contributed by atoms with Crippen LogP contribution >= 0.6 is 0 Å². The number of hydrogen-bond donors (Lipinski definition) is 0. The Balaban J connectivity index is 2.16. The van der Waals surface area contributed by atoms with Crippen molar-refractivity contribution in [3.8, 4) is 5.88 Å². The lowest BCUT2D eigenvalue weighted by atomic mass is 10.1. The molecule has 0 radical (unpaired) electrons. The van der Waals surface area contributed by atoms with Gasteiger partial charge in [-0.25, -0.2) is 4.98 Å². The number of methoxy groups -OCH3 is 1. The van der Waals surface area contributed by atoms with Crippen molar-refractivity contribution in [1.82, 2.24) is 9.88 Å². The zero-order valence-electron chi connectivity index (χ0n) is 10.0. The number of aromatic nitrogens is 1. The van der Waals surface area contributed by atoms with Crippen LogP contribution in [-0.4, -0.2) is 43.2 Å². The van der Waals surface area contributed by atoms with Gasteiger partial charge in [0.1, 0.15) is 0 Å². The number of rotatable bonds is 2. The maximum atomic E-state index is 5.92. The highest BCUT2D eigenvalue weighted by Gasteiger charge is 2.24. The monoisotopic (exact) mass is 222 g/mol. The van der Waals surface area contributed by atoms with E-state index in [0.717, 1.165) is 18.7 Å². The summed E-state index contributed by atoms with van der Waals surface area (Å²) in [5.74, 6) is 0.641. The fourth-order valence-electron chi connectivity index (χ4n) is 2.08. The summed E-state index contributed by atoms with van der Waals surface area (Å²) in [5, 5.41) is 0. The van der Waals surface area contributed by atoms with Crippen molar-refractivity contribution in [3.05, 3.63) is 23.9 Å². The Morgan fingerprint density at radius 2 is 2.31 bits per heavy atom. The van der Waals surface area contributed by atoms with Crippen LogP contribution in [0.2, 0.25) is 0 Å². The molecule has 0 amide bonds. The van der Waals surface area contributed by atoms with Gasteiger partial charge in [-0.2, -0.15) is 0 Å². The number of pyridine rings is 1. The number of likely N-dealkylation sites (N-methyl/N-ethyl adjacent to an activating group) is 1. The average molecular weight is 222 g/mol. The molecular formula is C12H18N2O2. The molecule has 1 aromatic heterocycles. The molecule has 0 aromatic carbocycles. The molecule has 1 fully saturated rings. The quantitative estimate of drug-likeness (QED) is 0.759. The number of morpholine rings is 1. The van der Waals surface area contributed by atoms with Gasteiger partial charge in [0.15, 0.2) is 0 Å². The van der Waals surface area contributed by atoms with Crippen molar-refractivity contribution in [1.29, 1.82) is 0 Å². The fourth-order valence-corrected chi connectivity index (χ4v) is 2.08. The van der Waals surface area contributed by atoms with Crippen LogP contribution < -0.4 is 4.74 Å². The van der Waals surface area contributed by atoms with Crippen molar-refractivity contribution in [2.24, 2.45) is 0 Å². The van der Waals surface area contributed by atoms with Crippen molar-refractivity contribution < 1.29 is 9.47 Å². The van der Waals surface area contributed by atoms with E-state index >= 15 is 0 Å². The molecule has 0 N–H and O–H groups in total. The van der Waals surface area contributed by atoms with Gasteiger partial charge in [0, 0.05) is 25.4 Å². The van der Waals surface area contributed by atoms with E-state index in [4.69, 9.17) is 9.47 Å². The lowest BCUT2D eigenvalue weighted by molar-refractivity contribution is -0.0716. The predicted octanol–water partition coefficient (Wildman–Crippen LogP) is 1.48. The summed E-state index contributed by atoms with van der Waals surface area (Å²) in [7, 11) is 3.74. The molecule has 16 heavy (non-hydrogen) atoms. The van der Waals surface area contributed by atoms with Crippen LogP contribution in [0.25, 0.3) is 0 Å². The Bertz CT molecular complexity index is 347. The molecule has 2 atom stereocenters. The third-order valence-corrected chi connectivity index (χ3v) is 2.78. The van der Waals surface area contributed by atoms with Crippen molar-refractivity contribution in [2.75, 3.05) is 27.2 Å². The molecule has 0 saturated carbocycles. The van der Waals surface area contributed by atoms with Gasteiger partial charge >= 0.3 is 0 Å². The van der Waals surface area contributed by atoms with E-state index in [1.807, 2.05) is 12.1 Å². The first-order valence-electron chi connectivity index (χ1n) is 5.53. The van der Waals surface area contributed by atoms with Crippen molar-refractivity contribution in [2.45, 2.75) is 19.1 Å². The van der Waals surface area contributed by atoms with Gasteiger partial charge in [-0.1, -0.05) is 0 Å². The molecule has 4 nitrogen and oxygen atoms in total. The normalized spacial score (nSPS) is 26.7. The molecular weight excluding hydrogens is 204 g/mol. The molecule has 88 valence electrons. The molecule has 4 heteroatoms. The van der Waals surface area contributed by atoms with Gasteiger partial charge in [-0.3, -0.25) is 0 Å². The van der Waals surface area contributed by atoms with Crippen LogP contribution in [0.4, 0.5) is 0 Å². The summed E-state index contributed by atoms with van der Waals surface area (Å²) >= 11 is 0. The number of hydrogen-bond acceptors (Lipinski definition) is 4. The van der Waals surface area contributed by atoms with Crippen molar-refractivity contribution >= 4 is 0 Å². The van der Waals surface area contributed by atoms with Crippen LogP contribution in [0.3, 0.4) is 0 Å². The molecule has 0 aliphatic carbocycles. The highest BCUT2D eigenvalue weighted by Crippen LogP contribution is 2.25. The van der Waals surface area contributed by atoms with E-state index in [2.05, 4.69) is 23.9 Å². The highest BCUT2D eigenvalue weighted by atomic mass is 16.5. The summed E-state index contributed by atoms with van der Waals surface area (Å²) in [6.45, 7) is 4.00. The molecule has 1 aliphatic rings. The Hall–Kier alpha value is -1.13. The van der Waals surface area contributed by atoms with Gasteiger partial charge in [-0.15, -0.1) is 0 Å². The number of nitrogens with zero attached hydrogens (tertiary/aromatic N) is 2. The first-order valence-corrected chi connectivity index (χ1v) is 5.53. The van der Waals surface area contributed by atoms with Crippen LogP contribution in [0.15, 0.2) is 18.3 Å². The zero-order chi connectivity index (χ0) is 11.5. The van der Waals surface area contributed by atoms with Gasteiger partial charge < -0.3 is 14.4 Å². The summed E-state index contributed by atoms with van der Waals surface area (Å²) in [6.07, 6.45) is 2.14. The Labute approximate surface area is 96.2 Å². The molecule has 1 unspecified atom stereocenters. The smallest absolute Gasteiger partial charge is 0.213 e. The van der Waals surface area contributed by atoms with Gasteiger partial charge in [-0.05, 0) is 25.6 Å². The second kappa shape index (κ2) is 4.80. The molecule has 2 rings (SSSR count). The molecule has 0 spiro atoms. The number of ether oxygens (including phenoxy) is 2. The van der Waals surface area contributed by atoms with E-state index in [-0.39, 0.29) is 12.2 Å². The minimum Gasteiger partial charge on any atom is -0.481 e. The van der Waals surface area contributed by atoms with Crippen LogP contribution in [0.5, 0.6) is 5.88 Å². The highest BCUT2D eigenvalue weighted by molar-refractivity contribution is 5.23. The largest absolute Gasteiger partial charge is 0.481 e. The molecule has 0 bridgehead atoms. The third-order valence-electron chi connectivity index (χ3n) is 2.78. The van der Waals surface area contributed by atoms with Gasteiger partial charge in [0.05, 0.1) is 19.3 Å². The molecule has 1 saturated heterocycles. The van der Waals surface area contributed by atoms with Gasteiger partial charge in [0.2, 0.25) is 5.88 Å². The fraction of sp³-hybridized carbons (Fsp3) is 0.583. The SMILES string of the molecule is COc1cc([C@@H]2CN(C)CC(C)O2)ccn1. The maximum absolute atomic E-state index is 5.92. The third kappa shape index (κ3) is 2.51. The lowest BCUT2D eigenvalue weighted by Gasteiger charge is -2.34. The second-order valence-electron chi connectivity index (χ2n) is 4.29. The Morgan fingerprint density at radius 1 is 1.50 bits per heavy atom. The Kier molecular flexibility index (Phi) is 3.41. The zero-order valence-corrected chi connectivity index (χ0v) is 10.0. The van der Waals surface area contributed by atoms with E-state index in [0.29, 0.717) is 5.88 Å². The van der Waals surface area contributed by atoms with Crippen LogP contribution in [-0.2, 0) is 4.74 Å². The summed E-state index contributed by atoms with van der Waals surface area (Å²) < 4.78 is 11.0. The summed E-state index contributed by atoms with van der Waals surface area (Å²) in [6, 6.07) is 3.93. The van der Waals surface area contributed by atoms with E-state index in [1.165, 1.54) is 0 Å². The van der Waals surface area contributed by atoms with Crippen molar-refractivity contribution in [3.63, 3.8) is 0 Å². The molecule has 1 aromatic rings. The maximum Gasteiger partial charge on any atom is 0.213 e. The first kappa shape index (κ1) is 11.4. The van der Waals surface area contributed by atoms with Crippen LogP contribution in [0.1, 0.15) is 18.6 Å². The molecule has 2 heterocycles. The van der Waals surface area contributed by atoms with Gasteiger partial charge in [0.25, 0.3) is 0 Å². The minimum absolute atomic E-state index is 0.116. The topological polar surface area (TPSA) is 34.6 Å². The summed E-state index contributed by atoms with van der Waals surface area (Å²) in [5.41, 5.74) is 1.13. The van der Waals surface area contributed by atoms with E-state index < -0.39 is 0 Å². The summed E-state index contributed by atoms with van der Waals surface area (Å²) in [4.78, 5) is 6.38. The second-order valence-corrected chi connectivity index (χ2v) is 4.29.